The van der Waals surface area contributed by atoms with E-state index in [0.717, 1.165) is 19.0 Å². The molecule has 0 bridgehead atoms. The van der Waals surface area contributed by atoms with Gasteiger partial charge in [0.1, 0.15) is 0 Å². The zero-order valence-corrected chi connectivity index (χ0v) is 11.7. The largest absolute Gasteiger partial charge is 0.478 e. The Bertz CT molecular complexity index is 430. The second kappa shape index (κ2) is 6.17. The monoisotopic (exact) mass is 262 g/mol. The van der Waals surface area contributed by atoms with Crippen LogP contribution in [0.25, 0.3) is 0 Å². The summed E-state index contributed by atoms with van der Waals surface area (Å²) in [6.45, 7) is 4.36. The van der Waals surface area contributed by atoms with Gasteiger partial charge in [-0.15, -0.1) is 0 Å². The number of rotatable bonds is 5. The van der Waals surface area contributed by atoms with Crippen LogP contribution in [-0.2, 0) is 6.54 Å². The molecular formula is C15H22N2O2. The van der Waals surface area contributed by atoms with E-state index in [1.165, 1.54) is 25.1 Å². The first kappa shape index (κ1) is 14.0. The van der Waals surface area contributed by atoms with Crippen LogP contribution in [-0.4, -0.2) is 54.6 Å². The molecular weight excluding hydrogens is 240 g/mol. The summed E-state index contributed by atoms with van der Waals surface area (Å²) in [7, 11) is 4.30. The molecule has 1 N–H and O–H groups in total. The molecule has 1 aromatic rings. The lowest BCUT2D eigenvalue weighted by molar-refractivity contribution is 0.0697. The van der Waals surface area contributed by atoms with Crippen LogP contribution in [0.5, 0.6) is 0 Å². The van der Waals surface area contributed by atoms with E-state index in [9.17, 15) is 4.79 Å². The van der Waals surface area contributed by atoms with Crippen molar-refractivity contribution in [3.63, 3.8) is 0 Å². The SMILES string of the molecule is CN1CCC(CN(C)Cc2ccc(C(=O)O)cc2)C1. The lowest BCUT2D eigenvalue weighted by Crippen LogP contribution is -2.27. The predicted octanol–water partition coefficient (Wildman–Crippen LogP) is 1.77. The Morgan fingerprint density at radius 1 is 1.42 bits per heavy atom. The Balaban J connectivity index is 1.84. The molecule has 0 aromatic heterocycles. The second-order valence-corrected chi connectivity index (χ2v) is 5.62. The quantitative estimate of drug-likeness (QED) is 0.878. The van der Waals surface area contributed by atoms with Gasteiger partial charge < -0.3 is 14.9 Å². The van der Waals surface area contributed by atoms with Gasteiger partial charge in [-0.05, 0) is 50.7 Å². The van der Waals surface area contributed by atoms with Crippen LogP contribution in [0.4, 0.5) is 0 Å². The molecule has 1 heterocycles. The average molecular weight is 262 g/mol. The minimum Gasteiger partial charge on any atom is -0.478 e. The lowest BCUT2D eigenvalue weighted by atomic mass is 10.1. The van der Waals surface area contributed by atoms with Crippen LogP contribution in [0.1, 0.15) is 22.3 Å². The fourth-order valence-corrected chi connectivity index (χ4v) is 2.75. The number of hydrogen-bond acceptors (Lipinski definition) is 3. The van der Waals surface area contributed by atoms with Gasteiger partial charge in [0, 0.05) is 19.6 Å². The van der Waals surface area contributed by atoms with Gasteiger partial charge in [-0.2, -0.15) is 0 Å². The fourth-order valence-electron chi connectivity index (χ4n) is 2.75. The van der Waals surface area contributed by atoms with E-state index < -0.39 is 5.97 Å². The third-order valence-electron chi connectivity index (χ3n) is 3.71. The number of hydrogen-bond donors (Lipinski definition) is 1. The molecule has 0 aliphatic carbocycles. The van der Waals surface area contributed by atoms with Gasteiger partial charge in [0.05, 0.1) is 5.56 Å². The average Bonchev–Trinajstić information content (AvgIpc) is 2.75. The maximum absolute atomic E-state index is 10.8. The van der Waals surface area contributed by atoms with Crippen LogP contribution < -0.4 is 0 Å². The van der Waals surface area contributed by atoms with Crippen LogP contribution in [0.15, 0.2) is 24.3 Å². The number of carbonyl (C=O) groups is 1. The van der Waals surface area contributed by atoms with E-state index in [1.807, 2.05) is 12.1 Å². The molecule has 1 unspecified atom stereocenters. The first-order valence-electron chi connectivity index (χ1n) is 6.74. The topological polar surface area (TPSA) is 43.8 Å². The predicted molar refractivity (Wildman–Crippen MR) is 75.3 cm³/mol. The summed E-state index contributed by atoms with van der Waals surface area (Å²) in [4.78, 5) is 15.5. The number of carboxylic acid groups (broad SMARTS) is 1. The standard InChI is InChI=1S/C15H22N2O2/c1-16-8-7-13(10-16)11-17(2)9-12-3-5-14(6-4-12)15(18)19/h3-6,13H,7-11H2,1-2H3,(H,18,19). The first-order valence-corrected chi connectivity index (χ1v) is 6.74. The third kappa shape index (κ3) is 4.04. The summed E-state index contributed by atoms with van der Waals surface area (Å²) >= 11 is 0. The van der Waals surface area contributed by atoms with E-state index in [1.54, 1.807) is 12.1 Å². The van der Waals surface area contributed by atoms with Crippen LogP contribution in [0, 0.1) is 5.92 Å². The van der Waals surface area contributed by atoms with Crippen molar-refractivity contribution in [1.29, 1.82) is 0 Å². The summed E-state index contributed by atoms with van der Waals surface area (Å²) in [5.41, 5.74) is 1.52. The van der Waals surface area contributed by atoms with Gasteiger partial charge in [-0.3, -0.25) is 0 Å². The number of nitrogens with zero attached hydrogens (tertiary/aromatic N) is 2. The van der Waals surface area contributed by atoms with E-state index >= 15 is 0 Å². The van der Waals surface area contributed by atoms with Crippen LogP contribution in [0.3, 0.4) is 0 Å². The second-order valence-electron chi connectivity index (χ2n) is 5.62. The minimum atomic E-state index is -0.867. The summed E-state index contributed by atoms with van der Waals surface area (Å²) in [6.07, 6.45) is 1.28. The van der Waals surface area contributed by atoms with Crippen molar-refractivity contribution >= 4 is 5.97 Å². The summed E-state index contributed by atoms with van der Waals surface area (Å²) < 4.78 is 0. The molecule has 0 spiro atoms. The molecule has 1 saturated heterocycles. The molecule has 19 heavy (non-hydrogen) atoms. The van der Waals surface area contributed by atoms with E-state index in [-0.39, 0.29) is 0 Å². The first-order chi connectivity index (χ1) is 9.04. The van der Waals surface area contributed by atoms with E-state index in [2.05, 4.69) is 23.9 Å². The molecule has 1 fully saturated rings. The normalized spacial score (nSPS) is 20.1. The Morgan fingerprint density at radius 2 is 2.11 bits per heavy atom. The third-order valence-corrected chi connectivity index (χ3v) is 3.71. The van der Waals surface area contributed by atoms with Gasteiger partial charge in [0.15, 0.2) is 0 Å². The van der Waals surface area contributed by atoms with Gasteiger partial charge in [0.2, 0.25) is 0 Å². The van der Waals surface area contributed by atoms with Gasteiger partial charge >= 0.3 is 5.97 Å². The summed E-state index contributed by atoms with van der Waals surface area (Å²) in [6, 6.07) is 7.16. The molecule has 1 aliphatic rings. The van der Waals surface area contributed by atoms with Crippen molar-refractivity contribution in [3.05, 3.63) is 35.4 Å². The van der Waals surface area contributed by atoms with Crippen molar-refractivity contribution in [2.45, 2.75) is 13.0 Å². The van der Waals surface area contributed by atoms with Crippen LogP contribution in [0.2, 0.25) is 0 Å². The van der Waals surface area contributed by atoms with E-state index in [4.69, 9.17) is 5.11 Å². The summed E-state index contributed by atoms with van der Waals surface area (Å²) in [5, 5.41) is 8.86. The van der Waals surface area contributed by atoms with Crippen molar-refractivity contribution in [3.8, 4) is 0 Å². The highest BCUT2D eigenvalue weighted by Gasteiger charge is 2.20. The fraction of sp³-hybridized carbons (Fsp3) is 0.533. The smallest absolute Gasteiger partial charge is 0.335 e. The molecule has 1 aliphatic heterocycles. The highest BCUT2D eigenvalue weighted by atomic mass is 16.4. The Kier molecular flexibility index (Phi) is 4.56. The van der Waals surface area contributed by atoms with Crippen molar-refractivity contribution < 1.29 is 9.90 Å². The van der Waals surface area contributed by atoms with Gasteiger partial charge in [0.25, 0.3) is 0 Å². The molecule has 1 atom stereocenters. The molecule has 0 saturated carbocycles. The molecule has 0 radical (unpaired) electrons. The maximum Gasteiger partial charge on any atom is 0.335 e. The highest BCUT2D eigenvalue weighted by molar-refractivity contribution is 5.87. The molecule has 1 aromatic carbocycles. The number of carboxylic acids is 1. The molecule has 104 valence electrons. The number of aromatic carboxylic acids is 1. The Morgan fingerprint density at radius 3 is 2.63 bits per heavy atom. The molecule has 2 rings (SSSR count). The zero-order valence-electron chi connectivity index (χ0n) is 11.7. The lowest BCUT2D eigenvalue weighted by Gasteiger charge is -2.21. The number of likely N-dealkylation sites (tertiary alicyclic amines) is 1. The summed E-state index contributed by atoms with van der Waals surface area (Å²) in [5.74, 6) is -0.109. The molecule has 4 nitrogen and oxygen atoms in total. The van der Waals surface area contributed by atoms with Gasteiger partial charge in [-0.25, -0.2) is 4.79 Å². The highest BCUT2D eigenvalue weighted by Crippen LogP contribution is 2.16. The van der Waals surface area contributed by atoms with Gasteiger partial charge in [-0.1, -0.05) is 12.1 Å². The molecule has 4 heteroatoms. The Hall–Kier alpha value is -1.39. The minimum absolute atomic E-state index is 0.351. The maximum atomic E-state index is 10.8. The zero-order chi connectivity index (χ0) is 13.8. The van der Waals surface area contributed by atoms with Crippen molar-refractivity contribution in [1.82, 2.24) is 9.80 Å². The van der Waals surface area contributed by atoms with Crippen LogP contribution >= 0.6 is 0 Å². The van der Waals surface area contributed by atoms with Crippen molar-refractivity contribution in [2.24, 2.45) is 5.92 Å². The molecule has 0 amide bonds. The Labute approximate surface area is 114 Å². The number of benzene rings is 1. The van der Waals surface area contributed by atoms with E-state index in [0.29, 0.717) is 5.56 Å². The van der Waals surface area contributed by atoms with Crippen molar-refractivity contribution in [2.75, 3.05) is 33.7 Å².